The van der Waals surface area contributed by atoms with E-state index in [1.54, 1.807) is 0 Å². The summed E-state index contributed by atoms with van der Waals surface area (Å²) in [6.45, 7) is 10.0. The topological polar surface area (TPSA) is 51.1 Å². The highest BCUT2D eigenvalue weighted by Gasteiger charge is 2.48. The Kier molecular flexibility index (Phi) is 2.73. The van der Waals surface area contributed by atoms with Crippen LogP contribution in [0, 0.1) is 0 Å². The van der Waals surface area contributed by atoms with Gasteiger partial charge in [0.05, 0.1) is 24.4 Å². The van der Waals surface area contributed by atoms with Crippen molar-refractivity contribution >= 4 is 0 Å². The van der Waals surface area contributed by atoms with Crippen molar-refractivity contribution in [3.05, 3.63) is 18.0 Å². The molecule has 2 aliphatic rings. The average molecular weight is 250 g/mol. The molecule has 0 aliphatic carbocycles. The van der Waals surface area contributed by atoms with E-state index in [9.17, 15) is 0 Å². The maximum Gasteiger partial charge on any atom is 0.112 e. The minimum Gasteiger partial charge on any atom is -0.369 e. The molecule has 1 aromatic rings. The van der Waals surface area contributed by atoms with Crippen molar-refractivity contribution in [1.29, 1.82) is 0 Å². The number of aromatic nitrogens is 2. The summed E-state index contributed by atoms with van der Waals surface area (Å²) in [5.74, 6) is 0. The number of rotatable bonds is 1. The second-order valence-electron chi connectivity index (χ2n) is 6.29. The Hall–Kier alpha value is -0.910. The van der Waals surface area contributed by atoms with Crippen molar-refractivity contribution in [1.82, 2.24) is 20.4 Å². The van der Waals surface area contributed by atoms with Gasteiger partial charge < -0.3 is 15.4 Å². The molecule has 3 rings (SSSR count). The van der Waals surface area contributed by atoms with Gasteiger partial charge >= 0.3 is 0 Å². The van der Waals surface area contributed by atoms with Gasteiger partial charge in [0.2, 0.25) is 0 Å². The van der Waals surface area contributed by atoms with E-state index in [0.29, 0.717) is 0 Å². The van der Waals surface area contributed by atoms with Crippen molar-refractivity contribution in [3.8, 4) is 0 Å². The molecule has 0 bridgehead atoms. The fourth-order valence-corrected chi connectivity index (χ4v) is 2.68. The maximum atomic E-state index is 6.00. The van der Waals surface area contributed by atoms with Gasteiger partial charge in [-0.3, -0.25) is 4.68 Å². The van der Waals surface area contributed by atoms with Gasteiger partial charge in [-0.25, -0.2) is 0 Å². The number of morpholine rings is 1. The molecule has 0 aromatic carbocycles. The second-order valence-corrected chi connectivity index (χ2v) is 6.29. The number of hydrogen-bond donors (Lipinski definition) is 2. The summed E-state index contributed by atoms with van der Waals surface area (Å²) in [4.78, 5) is 0. The Morgan fingerprint density at radius 1 is 1.44 bits per heavy atom. The van der Waals surface area contributed by atoms with E-state index in [2.05, 4.69) is 42.7 Å². The summed E-state index contributed by atoms with van der Waals surface area (Å²) in [6.07, 6.45) is 4.12. The van der Waals surface area contributed by atoms with E-state index in [-0.39, 0.29) is 17.2 Å². The van der Waals surface area contributed by atoms with Gasteiger partial charge in [0, 0.05) is 31.4 Å². The van der Waals surface area contributed by atoms with E-state index < -0.39 is 0 Å². The largest absolute Gasteiger partial charge is 0.369 e. The lowest BCUT2D eigenvalue weighted by atomic mass is 9.83. The van der Waals surface area contributed by atoms with Gasteiger partial charge in [0.1, 0.15) is 5.60 Å². The van der Waals surface area contributed by atoms with Gasteiger partial charge in [0.25, 0.3) is 0 Å². The number of nitrogens with zero attached hydrogens (tertiary/aromatic N) is 2. The normalized spacial score (nSPS) is 27.2. The van der Waals surface area contributed by atoms with Crippen LogP contribution >= 0.6 is 0 Å². The fraction of sp³-hybridized carbons (Fsp3) is 0.769. The maximum absolute atomic E-state index is 6.00. The number of ether oxygens (including phenoxy) is 1. The third-order valence-electron chi connectivity index (χ3n) is 3.84. The lowest BCUT2D eigenvalue weighted by molar-refractivity contribution is -0.128. The molecule has 0 amide bonds. The highest BCUT2D eigenvalue weighted by atomic mass is 16.5. The Morgan fingerprint density at radius 3 is 2.78 bits per heavy atom. The Labute approximate surface area is 108 Å². The molecule has 18 heavy (non-hydrogen) atoms. The molecule has 2 saturated heterocycles. The minimum atomic E-state index is -0.0655. The number of hydrogen-bond acceptors (Lipinski definition) is 4. The summed E-state index contributed by atoms with van der Waals surface area (Å²) < 4.78 is 8.03. The van der Waals surface area contributed by atoms with Gasteiger partial charge in [-0.2, -0.15) is 5.10 Å². The molecule has 2 N–H and O–H groups in total. The van der Waals surface area contributed by atoms with Crippen LogP contribution in [0.5, 0.6) is 0 Å². The third kappa shape index (κ3) is 1.86. The monoisotopic (exact) mass is 250 g/mol. The highest BCUT2D eigenvalue weighted by Crippen LogP contribution is 2.35. The Morgan fingerprint density at radius 2 is 2.22 bits per heavy atom. The van der Waals surface area contributed by atoms with Gasteiger partial charge in [-0.15, -0.1) is 0 Å². The summed E-state index contributed by atoms with van der Waals surface area (Å²) in [7, 11) is 0. The zero-order chi connectivity index (χ0) is 12.8. The van der Waals surface area contributed by atoms with E-state index >= 15 is 0 Å². The van der Waals surface area contributed by atoms with Crippen molar-refractivity contribution in [2.75, 3.05) is 26.2 Å². The van der Waals surface area contributed by atoms with Crippen molar-refractivity contribution in [3.63, 3.8) is 0 Å². The van der Waals surface area contributed by atoms with Crippen molar-refractivity contribution in [2.45, 2.75) is 38.0 Å². The lowest BCUT2D eigenvalue weighted by Gasteiger charge is -2.50. The van der Waals surface area contributed by atoms with E-state index in [0.717, 1.165) is 26.2 Å². The van der Waals surface area contributed by atoms with Gasteiger partial charge in [-0.05, 0) is 20.8 Å². The quantitative estimate of drug-likeness (QED) is 0.768. The molecule has 1 aromatic heterocycles. The van der Waals surface area contributed by atoms with Crippen LogP contribution in [-0.2, 0) is 10.3 Å². The van der Waals surface area contributed by atoms with Crippen LogP contribution in [0.15, 0.2) is 12.4 Å². The average Bonchev–Trinajstić information content (AvgIpc) is 2.75. The van der Waals surface area contributed by atoms with Crippen LogP contribution in [0.2, 0.25) is 0 Å². The third-order valence-corrected chi connectivity index (χ3v) is 3.84. The molecule has 100 valence electrons. The Bertz CT molecular complexity index is 430. The van der Waals surface area contributed by atoms with E-state index in [1.807, 2.05) is 10.9 Å². The Balaban J connectivity index is 1.87. The molecule has 3 heterocycles. The zero-order valence-electron chi connectivity index (χ0n) is 11.4. The standard InChI is InChI=1S/C13H22N4O/c1-12(2,3)17-7-10(6-16-17)11-13(8-14-9-13)18-5-4-15-11/h6-7,11,14-15H,4-5,8-9H2,1-3H3. The lowest BCUT2D eigenvalue weighted by Crippen LogP contribution is -2.69. The number of nitrogens with one attached hydrogen (secondary N) is 2. The first kappa shape index (κ1) is 12.1. The molecule has 1 atom stereocenters. The second kappa shape index (κ2) is 4.05. The molecular weight excluding hydrogens is 228 g/mol. The van der Waals surface area contributed by atoms with Crippen LogP contribution in [0.3, 0.4) is 0 Å². The van der Waals surface area contributed by atoms with Crippen molar-refractivity contribution < 1.29 is 4.74 Å². The summed E-state index contributed by atoms with van der Waals surface area (Å²) >= 11 is 0. The zero-order valence-corrected chi connectivity index (χ0v) is 11.4. The molecule has 0 saturated carbocycles. The van der Waals surface area contributed by atoms with Crippen LogP contribution in [0.1, 0.15) is 32.4 Å². The fourth-order valence-electron chi connectivity index (χ4n) is 2.68. The van der Waals surface area contributed by atoms with Crippen LogP contribution in [0.25, 0.3) is 0 Å². The molecule has 2 aliphatic heterocycles. The molecule has 5 heteroatoms. The smallest absolute Gasteiger partial charge is 0.112 e. The molecule has 1 spiro atoms. The SMILES string of the molecule is CC(C)(C)n1cc(C2NCCOC23CNC3)cn1. The van der Waals surface area contributed by atoms with Crippen LogP contribution in [-0.4, -0.2) is 41.6 Å². The molecule has 5 nitrogen and oxygen atoms in total. The van der Waals surface area contributed by atoms with Gasteiger partial charge in [-0.1, -0.05) is 0 Å². The van der Waals surface area contributed by atoms with Crippen molar-refractivity contribution in [2.24, 2.45) is 0 Å². The minimum absolute atomic E-state index is 0.0266. The van der Waals surface area contributed by atoms with Crippen LogP contribution < -0.4 is 10.6 Å². The molecule has 0 radical (unpaired) electrons. The summed E-state index contributed by atoms with van der Waals surface area (Å²) in [5, 5.41) is 11.4. The van der Waals surface area contributed by atoms with Crippen LogP contribution in [0.4, 0.5) is 0 Å². The van der Waals surface area contributed by atoms with E-state index in [1.165, 1.54) is 5.56 Å². The molecule has 1 unspecified atom stereocenters. The molecule has 2 fully saturated rings. The highest BCUT2D eigenvalue weighted by molar-refractivity contribution is 5.21. The first-order valence-electron chi connectivity index (χ1n) is 6.64. The first-order chi connectivity index (χ1) is 8.51. The molecular formula is C13H22N4O. The predicted molar refractivity (Wildman–Crippen MR) is 69.5 cm³/mol. The predicted octanol–water partition coefficient (Wildman–Crippen LogP) is 0.641. The van der Waals surface area contributed by atoms with E-state index in [4.69, 9.17) is 4.74 Å². The first-order valence-corrected chi connectivity index (χ1v) is 6.64. The summed E-state index contributed by atoms with van der Waals surface area (Å²) in [5.41, 5.74) is 1.19. The summed E-state index contributed by atoms with van der Waals surface area (Å²) in [6, 6.07) is 0.253. The van der Waals surface area contributed by atoms with Gasteiger partial charge in [0.15, 0.2) is 0 Å².